The summed E-state index contributed by atoms with van der Waals surface area (Å²) < 4.78 is 92.6. The molecule has 2 aromatic rings. The van der Waals surface area contributed by atoms with Crippen molar-refractivity contribution in [2.24, 2.45) is 0 Å². The van der Waals surface area contributed by atoms with E-state index in [2.05, 4.69) is 20.5 Å². The smallest absolute Gasteiger partial charge is 0.426 e. The fourth-order valence-electron chi connectivity index (χ4n) is 3.37. The molecular formula is C19H22F6N4O3. The minimum absolute atomic E-state index is 0.0274. The summed E-state index contributed by atoms with van der Waals surface area (Å²) in [6, 6.07) is 0.736. The molecule has 0 aliphatic carbocycles. The highest BCUT2D eigenvalue weighted by Crippen LogP contribution is 2.44. The number of hydrogen-bond acceptors (Lipinski definition) is 7. The van der Waals surface area contributed by atoms with E-state index in [1.165, 1.54) is 0 Å². The molecule has 178 valence electrons. The number of pyridine rings is 1. The van der Waals surface area contributed by atoms with Crippen LogP contribution in [0.1, 0.15) is 57.4 Å². The van der Waals surface area contributed by atoms with Crippen molar-refractivity contribution in [3.05, 3.63) is 17.5 Å². The molecular weight excluding hydrogens is 446 g/mol. The van der Waals surface area contributed by atoms with Gasteiger partial charge in [0.2, 0.25) is 11.5 Å². The maximum absolute atomic E-state index is 13.7. The zero-order valence-corrected chi connectivity index (χ0v) is 17.3. The van der Waals surface area contributed by atoms with Crippen LogP contribution in [0.15, 0.2) is 10.5 Å². The fraction of sp³-hybridized carbons (Fsp3) is 0.632. The number of rotatable bonds is 2. The van der Waals surface area contributed by atoms with Crippen LogP contribution in [0.5, 0.6) is 5.88 Å². The Labute approximate surface area is 179 Å². The van der Waals surface area contributed by atoms with Gasteiger partial charge in [0.15, 0.2) is 5.69 Å². The number of aromatic nitrogens is 3. The van der Waals surface area contributed by atoms with Crippen LogP contribution in [0.2, 0.25) is 0 Å². The topological polar surface area (TPSA) is 93.3 Å². The number of nitrogens with one attached hydrogen (secondary N) is 1. The Morgan fingerprint density at radius 3 is 2.50 bits per heavy atom. The first-order valence-electron chi connectivity index (χ1n) is 10.0. The van der Waals surface area contributed by atoms with E-state index in [1.807, 2.05) is 0 Å². The molecule has 0 fully saturated rings. The van der Waals surface area contributed by atoms with Gasteiger partial charge in [-0.1, -0.05) is 6.42 Å². The minimum Gasteiger partial charge on any atom is -0.474 e. The molecule has 0 aromatic carbocycles. The summed E-state index contributed by atoms with van der Waals surface area (Å²) in [5.74, 6) is -2.43. The molecule has 2 N–H and O–H groups in total. The van der Waals surface area contributed by atoms with Crippen molar-refractivity contribution in [2.75, 3.05) is 11.9 Å². The number of nitrogens with zero attached hydrogens (tertiary/aromatic N) is 3. The van der Waals surface area contributed by atoms with Gasteiger partial charge in [-0.2, -0.15) is 26.3 Å². The Morgan fingerprint density at radius 1 is 1.16 bits per heavy atom. The summed E-state index contributed by atoms with van der Waals surface area (Å²) in [5, 5.41) is 19.9. The van der Waals surface area contributed by atoms with Gasteiger partial charge in [-0.25, -0.2) is 4.98 Å². The van der Waals surface area contributed by atoms with Crippen molar-refractivity contribution < 1.29 is 40.6 Å². The van der Waals surface area contributed by atoms with Crippen LogP contribution < -0.4 is 10.1 Å². The van der Waals surface area contributed by atoms with E-state index in [0.29, 0.717) is 6.42 Å². The van der Waals surface area contributed by atoms with Gasteiger partial charge in [0.1, 0.15) is 5.56 Å². The second-order valence-corrected chi connectivity index (χ2v) is 7.56. The lowest BCUT2D eigenvalue weighted by Gasteiger charge is -2.27. The molecule has 13 heteroatoms. The average Bonchev–Trinajstić information content (AvgIpc) is 3.16. The highest BCUT2D eigenvalue weighted by Gasteiger charge is 2.58. The van der Waals surface area contributed by atoms with E-state index >= 15 is 0 Å². The number of aliphatic hydroxyl groups is 1. The van der Waals surface area contributed by atoms with Crippen LogP contribution >= 0.6 is 0 Å². The van der Waals surface area contributed by atoms with Crippen LogP contribution in [-0.2, 0) is 11.8 Å². The summed E-state index contributed by atoms with van der Waals surface area (Å²) in [4.78, 5) is 3.89. The molecule has 0 saturated heterocycles. The molecule has 0 spiro atoms. The third-order valence-electron chi connectivity index (χ3n) is 5.07. The van der Waals surface area contributed by atoms with Gasteiger partial charge in [0, 0.05) is 6.54 Å². The second-order valence-electron chi connectivity index (χ2n) is 7.56. The lowest BCUT2D eigenvalue weighted by Crippen LogP contribution is -2.42. The van der Waals surface area contributed by atoms with E-state index in [1.54, 1.807) is 13.8 Å². The van der Waals surface area contributed by atoms with Crippen molar-refractivity contribution >= 4 is 5.69 Å². The Hall–Kier alpha value is -2.57. The zero-order valence-electron chi connectivity index (χ0n) is 17.3. The van der Waals surface area contributed by atoms with Gasteiger partial charge in [0.05, 0.1) is 11.8 Å². The van der Waals surface area contributed by atoms with Crippen LogP contribution in [-0.4, -0.2) is 39.1 Å². The van der Waals surface area contributed by atoms with Crippen molar-refractivity contribution in [1.82, 2.24) is 15.2 Å². The summed E-state index contributed by atoms with van der Waals surface area (Å²) in [5.41, 5.74) is -5.04. The number of alkyl halides is 6. The van der Waals surface area contributed by atoms with Gasteiger partial charge in [0.25, 0.3) is 11.8 Å². The zero-order chi connectivity index (χ0) is 23.7. The maximum Gasteiger partial charge on any atom is 0.426 e. The number of hydrogen-bond donors (Lipinski definition) is 2. The molecule has 3 rings (SSSR count). The SMILES string of the molecule is CCNc1cc(C(F)(F)F)c2nc1-c1nnc(o1)[C@@](O)(C(F)(F)F)CCCCCC(C)O2. The van der Waals surface area contributed by atoms with Crippen molar-refractivity contribution in [1.29, 1.82) is 0 Å². The van der Waals surface area contributed by atoms with Gasteiger partial charge in [-0.15, -0.1) is 10.2 Å². The number of anilines is 1. The van der Waals surface area contributed by atoms with Crippen LogP contribution in [0.25, 0.3) is 11.6 Å². The van der Waals surface area contributed by atoms with Crippen LogP contribution in [0.4, 0.5) is 32.0 Å². The minimum atomic E-state index is -5.10. The molecule has 4 bridgehead atoms. The average molecular weight is 468 g/mol. The first kappa shape index (κ1) is 24.1. The molecule has 0 amide bonds. The molecule has 1 unspecified atom stereocenters. The molecule has 2 aromatic heterocycles. The summed E-state index contributed by atoms with van der Waals surface area (Å²) in [7, 11) is 0. The highest BCUT2D eigenvalue weighted by atomic mass is 19.4. The predicted octanol–water partition coefficient (Wildman–Crippen LogP) is 5.06. The maximum atomic E-state index is 13.7. The van der Waals surface area contributed by atoms with Crippen molar-refractivity contribution in [3.8, 4) is 17.5 Å². The Bertz CT molecular complexity index is 946. The second kappa shape index (κ2) is 8.75. The number of fused-ring (bicyclic) bond motifs is 5. The molecule has 1 aliphatic heterocycles. The van der Waals surface area contributed by atoms with E-state index in [0.717, 1.165) is 6.07 Å². The largest absolute Gasteiger partial charge is 0.474 e. The molecule has 7 nitrogen and oxygen atoms in total. The molecule has 32 heavy (non-hydrogen) atoms. The van der Waals surface area contributed by atoms with Gasteiger partial charge >= 0.3 is 12.4 Å². The highest BCUT2D eigenvalue weighted by molar-refractivity contribution is 5.70. The van der Waals surface area contributed by atoms with Crippen LogP contribution in [0.3, 0.4) is 0 Å². The Morgan fingerprint density at radius 2 is 1.88 bits per heavy atom. The monoisotopic (exact) mass is 468 g/mol. The number of halogens is 6. The molecule has 0 saturated carbocycles. The van der Waals surface area contributed by atoms with Gasteiger partial charge in [-0.05, 0) is 45.6 Å². The van der Waals surface area contributed by atoms with Gasteiger partial charge in [-0.3, -0.25) is 0 Å². The third kappa shape index (κ3) is 4.76. The summed E-state index contributed by atoms with van der Waals surface area (Å²) in [6.07, 6.45) is -10.4. The quantitative estimate of drug-likeness (QED) is 0.595. The van der Waals surface area contributed by atoms with E-state index < -0.39 is 53.7 Å². The fourth-order valence-corrected chi connectivity index (χ4v) is 3.37. The first-order valence-corrected chi connectivity index (χ1v) is 10.0. The Kier molecular flexibility index (Phi) is 6.59. The molecule has 2 atom stereocenters. The Balaban J connectivity index is 2.22. The lowest BCUT2D eigenvalue weighted by atomic mass is 9.94. The van der Waals surface area contributed by atoms with Gasteiger partial charge < -0.3 is 19.6 Å². The van der Waals surface area contributed by atoms with E-state index in [9.17, 15) is 31.4 Å². The van der Waals surface area contributed by atoms with Crippen molar-refractivity contribution in [2.45, 2.75) is 70.0 Å². The molecule has 3 heterocycles. The standard InChI is InChI=1S/C19H22F6N4O3/c1-3-26-12-9-11(18(20,21)22)14-27-13(12)15-28-29-16(32-15)17(30,19(23,24)25)8-6-4-5-7-10(2)31-14/h9-10,26,30H,3-8H2,1-2H3/t10?,17-/m1/s1. The molecule has 0 radical (unpaired) electrons. The van der Waals surface area contributed by atoms with Crippen LogP contribution in [0, 0.1) is 0 Å². The summed E-state index contributed by atoms with van der Waals surface area (Å²) in [6.45, 7) is 3.33. The third-order valence-corrected chi connectivity index (χ3v) is 5.07. The molecule has 1 aliphatic rings. The number of ether oxygens (including phenoxy) is 1. The summed E-state index contributed by atoms with van der Waals surface area (Å²) >= 11 is 0. The predicted molar refractivity (Wildman–Crippen MR) is 99.8 cm³/mol. The van der Waals surface area contributed by atoms with Crippen molar-refractivity contribution in [3.63, 3.8) is 0 Å². The first-order chi connectivity index (χ1) is 14.9. The van der Waals surface area contributed by atoms with E-state index in [-0.39, 0.29) is 37.2 Å². The lowest BCUT2D eigenvalue weighted by molar-refractivity contribution is -0.277. The normalized spacial score (nSPS) is 22.7. The van der Waals surface area contributed by atoms with E-state index in [4.69, 9.17) is 9.15 Å².